The van der Waals surface area contributed by atoms with Crippen LogP contribution in [-0.4, -0.2) is 20.1 Å². The summed E-state index contributed by atoms with van der Waals surface area (Å²) in [5.41, 5.74) is 14.6. The van der Waals surface area contributed by atoms with Crippen molar-refractivity contribution in [1.29, 1.82) is 0 Å². The van der Waals surface area contributed by atoms with Gasteiger partial charge in [0.1, 0.15) is 24.1 Å². The van der Waals surface area contributed by atoms with Crippen molar-refractivity contribution in [3.05, 3.63) is 82.6 Å². The van der Waals surface area contributed by atoms with Gasteiger partial charge in [0.05, 0.1) is 34.7 Å². The zero-order valence-electron chi connectivity index (χ0n) is 19.4. The van der Waals surface area contributed by atoms with E-state index >= 15 is 0 Å². The van der Waals surface area contributed by atoms with E-state index in [1.165, 1.54) is 22.7 Å². The van der Waals surface area contributed by atoms with Crippen LogP contribution in [0.25, 0.3) is 16.6 Å². The van der Waals surface area contributed by atoms with Crippen LogP contribution in [0, 0.1) is 31.3 Å². The lowest BCUT2D eigenvalue weighted by Crippen LogP contribution is -2.44. The fraction of sp³-hybridized carbons (Fsp3) is 0.280. The molecule has 1 atom stereocenters. The highest BCUT2D eigenvalue weighted by molar-refractivity contribution is 5.83. The van der Waals surface area contributed by atoms with Crippen LogP contribution in [0.2, 0.25) is 0 Å². The summed E-state index contributed by atoms with van der Waals surface area (Å²) in [5.74, 6) is -1.68. The van der Waals surface area contributed by atoms with Crippen LogP contribution in [0.5, 0.6) is 5.88 Å². The summed E-state index contributed by atoms with van der Waals surface area (Å²) >= 11 is 0. The topological polar surface area (TPSA) is 91.5 Å². The van der Waals surface area contributed by atoms with Crippen LogP contribution in [0.1, 0.15) is 42.4 Å². The monoisotopic (exact) mass is 469 g/mol. The predicted molar refractivity (Wildman–Crippen MR) is 124 cm³/mol. The summed E-state index contributed by atoms with van der Waals surface area (Å²) in [6.07, 6.45) is 1.12. The maximum absolute atomic E-state index is 15.0. The molecule has 0 saturated heterocycles. The van der Waals surface area contributed by atoms with E-state index in [2.05, 4.69) is 10.1 Å². The molecule has 0 aliphatic carbocycles. The number of hydrogen-bond acceptors (Lipinski definition) is 5. The average Bonchev–Trinajstić information content (AvgIpc) is 3.08. The molecule has 0 spiro atoms. The van der Waals surface area contributed by atoms with Crippen LogP contribution in [-0.2, 0) is 6.61 Å². The normalized spacial score (nSPS) is 12.9. The number of fused-ring (bicyclic) bond motifs is 1. The van der Waals surface area contributed by atoms with E-state index < -0.39 is 29.0 Å². The van der Waals surface area contributed by atoms with Gasteiger partial charge in [0.15, 0.2) is 0 Å². The number of benzene rings is 1. The predicted octanol–water partition coefficient (Wildman–Crippen LogP) is 4.75. The van der Waals surface area contributed by atoms with Crippen LogP contribution in [0.15, 0.2) is 42.6 Å². The molecule has 3 aromatic heterocycles. The minimum Gasteiger partial charge on any atom is -0.473 e. The highest BCUT2D eigenvalue weighted by atomic mass is 19.1. The first-order valence-electron chi connectivity index (χ1n) is 10.7. The lowest BCUT2D eigenvalue weighted by molar-refractivity contribution is 0.274. The van der Waals surface area contributed by atoms with Crippen molar-refractivity contribution in [3.8, 4) is 17.0 Å². The summed E-state index contributed by atoms with van der Waals surface area (Å²) in [6, 6.07) is 8.11. The molecule has 4 N–H and O–H groups in total. The second kappa shape index (κ2) is 8.73. The third kappa shape index (κ3) is 4.36. The van der Waals surface area contributed by atoms with E-state index in [1.54, 1.807) is 32.9 Å². The maximum atomic E-state index is 15.0. The molecule has 0 saturated carbocycles. The highest BCUT2D eigenvalue weighted by Crippen LogP contribution is 2.35. The first-order chi connectivity index (χ1) is 16.0. The second-order valence-corrected chi connectivity index (χ2v) is 9.01. The van der Waals surface area contributed by atoms with Gasteiger partial charge < -0.3 is 16.2 Å². The van der Waals surface area contributed by atoms with E-state index in [0.29, 0.717) is 22.5 Å². The Balaban J connectivity index is 1.81. The van der Waals surface area contributed by atoms with Crippen LogP contribution >= 0.6 is 0 Å². The number of ether oxygens (including phenoxy) is 1. The van der Waals surface area contributed by atoms with Gasteiger partial charge >= 0.3 is 0 Å². The molecule has 34 heavy (non-hydrogen) atoms. The molecule has 0 bridgehead atoms. The number of aryl methyl sites for hydroxylation is 2. The van der Waals surface area contributed by atoms with Crippen LogP contribution < -0.4 is 16.2 Å². The van der Waals surface area contributed by atoms with Crippen molar-refractivity contribution in [2.24, 2.45) is 11.5 Å². The standard InChI is InChI=1S/C25H26F3N5O/c1-13-8-21-23(15-10-20(31-11-19(15)28)24(29)25(3,4)30)14(2)32-33(21)22(9-13)34-12-16-17(26)6-5-7-18(16)27/h5-11,24H,12,29-30H2,1-4H3. The third-order valence-corrected chi connectivity index (χ3v) is 5.71. The highest BCUT2D eigenvalue weighted by Gasteiger charge is 2.26. The molecule has 0 fully saturated rings. The Morgan fingerprint density at radius 2 is 1.74 bits per heavy atom. The van der Waals surface area contributed by atoms with Gasteiger partial charge in [-0.2, -0.15) is 5.10 Å². The number of rotatable bonds is 6. The Hall–Kier alpha value is -3.43. The number of nitrogens with two attached hydrogens (primary N) is 2. The van der Waals surface area contributed by atoms with Gasteiger partial charge in [-0.1, -0.05) is 6.07 Å². The number of hydrogen-bond donors (Lipinski definition) is 2. The summed E-state index contributed by atoms with van der Waals surface area (Å²) in [5, 5.41) is 4.51. The van der Waals surface area contributed by atoms with Gasteiger partial charge in [-0.3, -0.25) is 4.98 Å². The first-order valence-corrected chi connectivity index (χ1v) is 10.7. The number of nitrogens with zero attached hydrogens (tertiary/aromatic N) is 3. The quantitative estimate of drug-likeness (QED) is 0.425. The molecule has 0 aliphatic heterocycles. The molecule has 178 valence electrons. The SMILES string of the molecule is Cc1cc(OCc2c(F)cccc2F)n2nc(C)c(-c3cc(C(N)C(C)(C)N)ncc3F)c2c1. The van der Waals surface area contributed by atoms with E-state index in [0.717, 1.165) is 11.8 Å². The molecule has 6 nitrogen and oxygen atoms in total. The van der Waals surface area contributed by atoms with E-state index in [9.17, 15) is 13.2 Å². The average molecular weight is 470 g/mol. The molecule has 0 aliphatic rings. The van der Waals surface area contributed by atoms with Gasteiger partial charge in [-0.25, -0.2) is 17.7 Å². The van der Waals surface area contributed by atoms with E-state index in [4.69, 9.17) is 16.2 Å². The Bertz CT molecular complexity index is 1360. The van der Waals surface area contributed by atoms with Gasteiger partial charge in [0, 0.05) is 22.7 Å². The molecule has 9 heteroatoms. The van der Waals surface area contributed by atoms with Crippen molar-refractivity contribution in [2.45, 2.75) is 45.9 Å². The van der Waals surface area contributed by atoms with Crippen molar-refractivity contribution in [3.63, 3.8) is 0 Å². The zero-order valence-corrected chi connectivity index (χ0v) is 19.4. The molecule has 4 rings (SSSR count). The second-order valence-electron chi connectivity index (χ2n) is 9.01. The lowest BCUT2D eigenvalue weighted by Gasteiger charge is -2.26. The van der Waals surface area contributed by atoms with E-state index in [-0.39, 0.29) is 23.6 Å². The fourth-order valence-corrected chi connectivity index (χ4v) is 3.81. The smallest absolute Gasteiger partial charge is 0.215 e. The maximum Gasteiger partial charge on any atom is 0.215 e. The van der Waals surface area contributed by atoms with Crippen molar-refractivity contribution < 1.29 is 17.9 Å². The number of halogens is 3. The van der Waals surface area contributed by atoms with Crippen molar-refractivity contribution in [1.82, 2.24) is 14.6 Å². The Morgan fingerprint density at radius 1 is 1.06 bits per heavy atom. The van der Waals surface area contributed by atoms with Crippen molar-refractivity contribution >= 4 is 5.52 Å². The zero-order chi connectivity index (χ0) is 24.8. The Kier molecular flexibility index (Phi) is 6.09. The molecule has 1 aromatic carbocycles. The molecule has 0 radical (unpaired) electrons. The summed E-state index contributed by atoms with van der Waals surface area (Å²) < 4.78 is 50.3. The van der Waals surface area contributed by atoms with Crippen molar-refractivity contribution in [2.75, 3.05) is 0 Å². The first kappa shape index (κ1) is 23.7. The van der Waals surface area contributed by atoms with Gasteiger partial charge in [-0.15, -0.1) is 0 Å². The molecule has 3 heterocycles. The summed E-state index contributed by atoms with van der Waals surface area (Å²) in [7, 11) is 0. The minimum absolute atomic E-state index is 0.190. The van der Waals surface area contributed by atoms with Crippen LogP contribution in [0.4, 0.5) is 13.2 Å². The fourth-order valence-electron chi connectivity index (χ4n) is 3.81. The Labute approximate surface area is 195 Å². The van der Waals surface area contributed by atoms with Gasteiger partial charge in [0.25, 0.3) is 0 Å². The van der Waals surface area contributed by atoms with Crippen LogP contribution in [0.3, 0.4) is 0 Å². The molecular weight excluding hydrogens is 443 g/mol. The molecular formula is C25H26F3N5O. The number of pyridine rings is 2. The molecule has 1 unspecified atom stereocenters. The molecule has 4 aromatic rings. The summed E-state index contributed by atoms with van der Waals surface area (Å²) in [4.78, 5) is 4.14. The number of aromatic nitrogens is 3. The summed E-state index contributed by atoms with van der Waals surface area (Å²) in [6.45, 7) is 6.79. The van der Waals surface area contributed by atoms with Gasteiger partial charge in [0.2, 0.25) is 5.88 Å². The Morgan fingerprint density at radius 3 is 2.38 bits per heavy atom. The third-order valence-electron chi connectivity index (χ3n) is 5.71. The lowest BCUT2D eigenvalue weighted by atomic mass is 9.92. The minimum atomic E-state index is -0.766. The molecule has 0 amide bonds. The van der Waals surface area contributed by atoms with Gasteiger partial charge in [-0.05, 0) is 57.5 Å². The largest absolute Gasteiger partial charge is 0.473 e. The van der Waals surface area contributed by atoms with E-state index in [1.807, 2.05) is 13.0 Å².